The molecule has 1 N–H and O–H groups in total. The van der Waals surface area contributed by atoms with E-state index >= 15 is 0 Å². The molecule has 5 heteroatoms. The molecule has 2 heterocycles. The Morgan fingerprint density at radius 1 is 1.47 bits per heavy atom. The summed E-state index contributed by atoms with van der Waals surface area (Å²) in [6, 6.07) is 3.93. The Kier molecular flexibility index (Phi) is 5.43. The van der Waals surface area contributed by atoms with Gasteiger partial charge < -0.3 is 15.0 Å². The van der Waals surface area contributed by atoms with Gasteiger partial charge in [-0.05, 0) is 25.1 Å². The van der Waals surface area contributed by atoms with Crippen LogP contribution in [0.5, 0.6) is 0 Å². The third-order valence-electron chi connectivity index (χ3n) is 3.36. The molecule has 0 bridgehead atoms. The summed E-state index contributed by atoms with van der Waals surface area (Å²) in [7, 11) is 0. The zero-order valence-corrected chi connectivity index (χ0v) is 12.4. The summed E-state index contributed by atoms with van der Waals surface area (Å²) < 4.78 is 5.69. The summed E-state index contributed by atoms with van der Waals surface area (Å²) in [5.41, 5.74) is 0.917. The summed E-state index contributed by atoms with van der Waals surface area (Å²) in [4.78, 5) is 6.96. The molecule has 1 fully saturated rings. The molecule has 106 valence electrons. The van der Waals surface area contributed by atoms with E-state index in [1.165, 1.54) is 0 Å². The largest absolute Gasteiger partial charge is 0.375 e. The van der Waals surface area contributed by atoms with Crippen molar-refractivity contribution in [3.8, 4) is 0 Å². The summed E-state index contributed by atoms with van der Waals surface area (Å²) in [6.07, 6.45) is 1.34. The first-order chi connectivity index (χ1) is 9.24. The number of hydrogen-bond donors (Lipinski definition) is 1. The van der Waals surface area contributed by atoms with Gasteiger partial charge in [0.05, 0.1) is 23.4 Å². The van der Waals surface area contributed by atoms with E-state index in [9.17, 15) is 0 Å². The van der Waals surface area contributed by atoms with Gasteiger partial charge in [-0.3, -0.25) is 0 Å². The van der Waals surface area contributed by atoms with Crippen LogP contribution >= 0.6 is 11.6 Å². The number of hydrogen-bond acceptors (Lipinski definition) is 4. The van der Waals surface area contributed by atoms with Gasteiger partial charge in [-0.15, -0.1) is 0 Å². The summed E-state index contributed by atoms with van der Waals surface area (Å²) in [5.74, 6) is 0.999. The monoisotopic (exact) mass is 283 g/mol. The smallest absolute Gasteiger partial charge is 0.129 e. The molecule has 0 aromatic carbocycles. The second-order valence-electron chi connectivity index (χ2n) is 4.73. The Morgan fingerprint density at radius 3 is 3.05 bits per heavy atom. The van der Waals surface area contributed by atoms with Gasteiger partial charge in [-0.25, -0.2) is 4.98 Å². The molecular weight excluding hydrogens is 262 g/mol. The Labute approximate surface area is 120 Å². The van der Waals surface area contributed by atoms with E-state index in [0.717, 1.165) is 49.2 Å². The molecule has 0 saturated carbocycles. The van der Waals surface area contributed by atoms with Gasteiger partial charge in [0.15, 0.2) is 0 Å². The van der Waals surface area contributed by atoms with Gasteiger partial charge >= 0.3 is 0 Å². The van der Waals surface area contributed by atoms with Crippen LogP contribution in [0.4, 0.5) is 5.82 Å². The fraction of sp³-hybridized carbons (Fsp3) is 0.643. The third-order valence-corrected chi connectivity index (χ3v) is 3.71. The molecule has 0 aliphatic carbocycles. The van der Waals surface area contributed by atoms with Crippen molar-refractivity contribution in [2.24, 2.45) is 0 Å². The van der Waals surface area contributed by atoms with E-state index in [0.29, 0.717) is 12.6 Å². The number of nitrogens with zero attached hydrogens (tertiary/aromatic N) is 2. The molecule has 1 atom stereocenters. The minimum absolute atomic E-state index is 0.309. The first-order valence-electron chi connectivity index (χ1n) is 6.97. The highest BCUT2D eigenvalue weighted by atomic mass is 35.5. The highest BCUT2D eigenvalue weighted by molar-refractivity contribution is 6.31. The van der Waals surface area contributed by atoms with Crippen molar-refractivity contribution in [2.75, 3.05) is 31.1 Å². The molecule has 1 aliphatic rings. The highest BCUT2D eigenvalue weighted by Gasteiger charge is 2.20. The van der Waals surface area contributed by atoms with Gasteiger partial charge in [0.2, 0.25) is 0 Å². The van der Waals surface area contributed by atoms with Crippen LogP contribution in [0.25, 0.3) is 0 Å². The molecule has 2 rings (SSSR count). The Morgan fingerprint density at radius 2 is 2.32 bits per heavy atom. The summed E-state index contributed by atoms with van der Waals surface area (Å²) in [5, 5.41) is 3.99. The molecule has 0 radical (unpaired) electrons. The first kappa shape index (κ1) is 14.6. The van der Waals surface area contributed by atoms with Crippen LogP contribution in [0, 0.1) is 0 Å². The number of rotatable bonds is 5. The number of anilines is 1. The second kappa shape index (κ2) is 7.08. The van der Waals surface area contributed by atoms with Crippen molar-refractivity contribution >= 4 is 17.4 Å². The molecule has 0 spiro atoms. The minimum Gasteiger partial charge on any atom is -0.375 e. The maximum absolute atomic E-state index is 6.18. The molecule has 1 saturated heterocycles. The van der Waals surface area contributed by atoms with Gasteiger partial charge in [0, 0.05) is 19.6 Å². The Balaban J connectivity index is 2.10. The standard InChI is InChI=1S/C14H22ClN3O/c1-3-11-10-18(7-8-19-11)14-6-5-12(15)13(17-14)9-16-4-2/h5-6,11,16H,3-4,7-10H2,1-2H3. The lowest BCUT2D eigenvalue weighted by molar-refractivity contribution is 0.0381. The number of morpholine rings is 1. The molecule has 1 aromatic heterocycles. The van der Waals surface area contributed by atoms with Crippen molar-refractivity contribution in [3.63, 3.8) is 0 Å². The van der Waals surface area contributed by atoms with Gasteiger partial charge in [0.25, 0.3) is 0 Å². The number of nitrogens with one attached hydrogen (secondary N) is 1. The quantitative estimate of drug-likeness (QED) is 0.901. The molecule has 1 unspecified atom stereocenters. The van der Waals surface area contributed by atoms with Crippen LogP contribution in [-0.4, -0.2) is 37.3 Å². The lowest BCUT2D eigenvalue weighted by Crippen LogP contribution is -2.42. The number of ether oxygens (including phenoxy) is 1. The molecule has 1 aromatic rings. The molecular formula is C14H22ClN3O. The number of halogens is 1. The molecule has 4 nitrogen and oxygen atoms in total. The number of aromatic nitrogens is 1. The summed E-state index contributed by atoms with van der Waals surface area (Å²) in [6.45, 7) is 8.43. The maximum Gasteiger partial charge on any atom is 0.129 e. The van der Waals surface area contributed by atoms with Crippen molar-refractivity contribution in [2.45, 2.75) is 32.9 Å². The predicted octanol–water partition coefficient (Wildman–Crippen LogP) is 2.46. The van der Waals surface area contributed by atoms with Gasteiger partial charge in [0.1, 0.15) is 5.82 Å². The van der Waals surface area contributed by atoms with E-state index in [-0.39, 0.29) is 0 Å². The zero-order chi connectivity index (χ0) is 13.7. The Hall–Kier alpha value is -0.840. The molecule has 0 amide bonds. The lowest BCUT2D eigenvalue weighted by atomic mass is 10.2. The van der Waals surface area contributed by atoms with E-state index in [1.807, 2.05) is 12.1 Å². The van der Waals surface area contributed by atoms with Crippen LogP contribution in [0.3, 0.4) is 0 Å². The Bertz CT molecular complexity index is 414. The van der Waals surface area contributed by atoms with Crippen LogP contribution in [0.15, 0.2) is 12.1 Å². The van der Waals surface area contributed by atoms with Crippen LogP contribution in [0.1, 0.15) is 26.0 Å². The van der Waals surface area contributed by atoms with Crippen LogP contribution in [-0.2, 0) is 11.3 Å². The van der Waals surface area contributed by atoms with Crippen molar-refractivity contribution in [1.82, 2.24) is 10.3 Å². The molecule has 19 heavy (non-hydrogen) atoms. The van der Waals surface area contributed by atoms with Crippen molar-refractivity contribution in [1.29, 1.82) is 0 Å². The summed E-state index contributed by atoms with van der Waals surface area (Å²) >= 11 is 6.18. The zero-order valence-electron chi connectivity index (χ0n) is 11.7. The van der Waals surface area contributed by atoms with Gasteiger partial charge in [-0.2, -0.15) is 0 Å². The van der Waals surface area contributed by atoms with E-state index in [1.54, 1.807) is 0 Å². The number of pyridine rings is 1. The average Bonchev–Trinajstić information content (AvgIpc) is 2.46. The van der Waals surface area contributed by atoms with E-state index < -0.39 is 0 Å². The fourth-order valence-corrected chi connectivity index (χ4v) is 2.36. The maximum atomic E-state index is 6.18. The normalized spacial score (nSPS) is 19.7. The molecule has 1 aliphatic heterocycles. The fourth-order valence-electron chi connectivity index (χ4n) is 2.19. The van der Waals surface area contributed by atoms with Crippen molar-refractivity contribution in [3.05, 3.63) is 22.8 Å². The van der Waals surface area contributed by atoms with Gasteiger partial charge in [-0.1, -0.05) is 25.4 Å². The SMILES string of the molecule is CCNCc1nc(N2CCOC(CC)C2)ccc1Cl. The van der Waals surface area contributed by atoms with Crippen molar-refractivity contribution < 1.29 is 4.74 Å². The lowest BCUT2D eigenvalue weighted by Gasteiger charge is -2.33. The van der Waals surface area contributed by atoms with Crippen LogP contribution < -0.4 is 10.2 Å². The van der Waals surface area contributed by atoms with E-state index in [2.05, 4.69) is 29.0 Å². The predicted molar refractivity (Wildman–Crippen MR) is 78.9 cm³/mol. The van der Waals surface area contributed by atoms with Crippen LogP contribution in [0.2, 0.25) is 5.02 Å². The first-order valence-corrected chi connectivity index (χ1v) is 7.35. The average molecular weight is 284 g/mol. The minimum atomic E-state index is 0.309. The second-order valence-corrected chi connectivity index (χ2v) is 5.13. The highest BCUT2D eigenvalue weighted by Crippen LogP contribution is 2.21. The topological polar surface area (TPSA) is 37.4 Å². The third kappa shape index (κ3) is 3.81. The van der Waals surface area contributed by atoms with E-state index in [4.69, 9.17) is 16.3 Å².